The first-order valence-corrected chi connectivity index (χ1v) is 10.7. The van der Waals surface area contributed by atoms with Gasteiger partial charge in [0.25, 0.3) is 0 Å². The molecular formula is C16H28O4Si. The van der Waals surface area contributed by atoms with E-state index in [1.54, 1.807) is 0 Å². The smallest absolute Gasteiger partial charge is 0.311 e. The number of esters is 1. The van der Waals surface area contributed by atoms with Crippen LogP contribution in [0.4, 0.5) is 0 Å². The molecular weight excluding hydrogens is 284 g/mol. The number of hydrogen-bond donors (Lipinski definition) is 0. The Kier molecular flexibility index (Phi) is 4.13. The first-order valence-electron chi connectivity index (χ1n) is 7.83. The summed E-state index contributed by atoms with van der Waals surface area (Å²) in [5.41, 5.74) is -0.623. The Morgan fingerprint density at radius 3 is 2.43 bits per heavy atom. The molecule has 3 aliphatic carbocycles. The van der Waals surface area contributed by atoms with Crippen LogP contribution in [0.5, 0.6) is 0 Å². The van der Waals surface area contributed by atoms with Crippen LogP contribution in [-0.2, 0) is 18.8 Å². The van der Waals surface area contributed by atoms with E-state index in [-0.39, 0.29) is 28.6 Å². The van der Waals surface area contributed by atoms with E-state index in [4.69, 9.17) is 9.16 Å². The van der Waals surface area contributed by atoms with Gasteiger partial charge in [0, 0.05) is 12.3 Å². The molecule has 4 nitrogen and oxygen atoms in total. The molecule has 2 bridgehead atoms. The predicted octanol–water partition coefficient (Wildman–Crippen LogP) is 3.31. The number of Topliss-reactive ketones (excluding diaryl/α,β-unsaturated/α-hetero) is 1. The zero-order valence-electron chi connectivity index (χ0n) is 14.1. The molecule has 3 aliphatic rings. The van der Waals surface area contributed by atoms with E-state index >= 15 is 0 Å². The van der Waals surface area contributed by atoms with Gasteiger partial charge in [-0.2, -0.15) is 0 Å². The highest BCUT2D eigenvalue weighted by Gasteiger charge is 2.58. The van der Waals surface area contributed by atoms with Crippen LogP contribution in [0, 0.1) is 11.8 Å². The second-order valence-electron chi connectivity index (χ2n) is 8.12. The first kappa shape index (κ1) is 16.7. The van der Waals surface area contributed by atoms with Crippen molar-refractivity contribution in [3.05, 3.63) is 0 Å². The minimum absolute atomic E-state index is 0.0268. The second kappa shape index (κ2) is 5.20. The van der Waals surface area contributed by atoms with E-state index in [1.807, 2.05) is 0 Å². The summed E-state index contributed by atoms with van der Waals surface area (Å²) < 4.78 is 11.6. The zero-order chi connectivity index (χ0) is 16.1. The van der Waals surface area contributed by atoms with Crippen LogP contribution in [0.25, 0.3) is 0 Å². The number of carbonyl (C=O) groups is 2. The van der Waals surface area contributed by atoms with Gasteiger partial charge in [0.2, 0.25) is 0 Å². The average Bonchev–Trinajstić information content (AvgIpc) is 2.35. The normalized spacial score (nSPS) is 33.1. The average molecular weight is 312 g/mol. The molecule has 0 heterocycles. The van der Waals surface area contributed by atoms with E-state index in [0.717, 1.165) is 12.8 Å². The highest BCUT2D eigenvalue weighted by Crippen LogP contribution is 2.52. The summed E-state index contributed by atoms with van der Waals surface area (Å²) >= 11 is 0. The van der Waals surface area contributed by atoms with Crippen molar-refractivity contribution in [2.75, 3.05) is 7.11 Å². The maximum atomic E-state index is 12.2. The standard InChI is InChI=1S/C16H28O4Si/c1-15(2,3)21(5,6)20-16-8-7-11(13(17)10-16)9-12(16)14(18)19-4/h11-12H,7-10H2,1-6H3/t11-,12+,16+/m0/s1. The van der Waals surface area contributed by atoms with Crippen LogP contribution in [0.1, 0.15) is 46.5 Å². The van der Waals surface area contributed by atoms with Gasteiger partial charge in [-0.1, -0.05) is 20.8 Å². The quantitative estimate of drug-likeness (QED) is 0.592. The maximum absolute atomic E-state index is 12.2. The SMILES string of the molecule is COC(=O)[C@H]1C[C@@H]2CC[C@@]1(O[Si](C)(C)C(C)(C)C)CC2=O. The summed E-state index contributed by atoms with van der Waals surface area (Å²) in [5.74, 6) is -0.210. The third-order valence-electron chi connectivity index (χ3n) is 5.75. The molecule has 0 amide bonds. The predicted molar refractivity (Wildman–Crippen MR) is 83.5 cm³/mol. The molecule has 0 aromatic rings. The van der Waals surface area contributed by atoms with Gasteiger partial charge in [0.1, 0.15) is 5.78 Å². The fraction of sp³-hybridized carbons (Fsp3) is 0.875. The van der Waals surface area contributed by atoms with E-state index in [1.165, 1.54) is 7.11 Å². The van der Waals surface area contributed by atoms with Crippen molar-refractivity contribution >= 4 is 20.1 Å². The molecule has 0 unspecified atom stereocenters. The van der Waals surface area contributed by atoms with Gasteiger partial charge in [-0.05, 0) is 37.4 Å². The van der Waals surface area contributed by atoms with Crippen LogP contribution >= 0.6 is 0 Å². The number of methoxy groups -OCH3 is 1. The molecule has 0 saturated heterocycles. The zero-order valence-corrected chi connectivity index (χ0v) is 15.1. The van der Waals surface area contributed by atoms with E-state index in [9.17, 15) is 9.59 Å². The Labute approximate surface area is 128 Å². The van der Waals surface area contributed by atoms with Crippen LogP contribution < -0.4 is 0 Å². The summed E-state index contributed by atoms with van der Waals surface area (Å²) in [6.07, 6.45) is 2.63. The minimum atomic E-state index is -2.05. The number of hydrogen-bond acceptors (Lipinski definition) is 4. The molecule has 0 N–H and O–H groups in total. The van der Waals surface area contributed by atoms with Crippen LogP contribution in [0.3, 0.4) is 0 Å². The molecule has 120 valence electrons. The highest BCUT2D eigenvalue weighted by atomic mass is 28.4. The maximum Gasteiger partial charge on any atom is 0.311 e. The number of ether oxygens (including phenoxy) is 1. The number of ketones is 1. The van der Waals surface area contributed by atoms with Gasteiger partial charge in [-0.25, -0.2) is 0 Å². The lowest BCUT2D eigenvalue weighted by atomic mass is 9.61. The number of fused-ring (bicyclic) bond motifs is 3. The molecule has 0 aromatic carbocycles. The summed E-state index contributed by atoms with van der Waals surface area (Å²) in [5, 5.41) is 0.0553. The summed E-state index contributed by atoms with van der Waals surface area (Å²) in [7, 11) is -0.628. The van der Waals surface area contributed by atoms with E-state index in [0.29, 0.717) is 12.8 Å². The van der Waals surface area contributed by atoms with Crippen LogP contribution in [0.15, 0.2) is 0 Å². The molecule has 5 heteroatoms. The topological polar surface area (TPSA) is 52.6 Å². The van der Waals surface area contributed by atoms with Gasteiger partial charge < -0.3 is 9.16 Å². The second-order valence-corrected chi connectivity index (χ2v) is 12.8. The number of rotatable bonds is 3. The Bertz CT molecular complexity index is 452. The fourth-order valence-corrected chi connectivity index (χ4v) is 5.06. The molecule has 0 aromatic heterocycles. The van der Waals surface area contributed by atoms with Crippen molar-refractivity contribution in [2.24, 2.45) is 11.8 Å². The Morgan fingerprint density at radius 2 is 1.95 bits per heavy atom. The lowest BCUT2D eigenvalue weighted by Gasteiger charge is -2.54. The molecule has 3 atom stereocenters. The minimum Gasteiger partial charge on any atom is -0.469 e. The molecule has 0 spiro atoms. The lowest BCUT2D eigenvalue weighted by Crippen LogP contribution is -2.61. The summed E-state index contributed by atoms with van der Waals surface area (Å²) in [6.45, 7) is 10.9. The van der Waals surface area contributed by atoms with Crippen molar-refractivity contribution in [1.29, 1.82) is 0 Å². The molecule has 0 aliphatic heterocycles. The Hall–Kier alpha value is -0.683. The van der Waals surface area contributed by atoms with Gasteiger partial charge in [0.15, 0.2) is 8.32 Å². The monoisotopic (exact) mass is 312 g/mol. The van der Waals surface area contributed by atoms with Gasteiger partial charge in [-0.3, -0.25) is 9.59 Å². The molecule has 3 fully saturated rings. The Balaban J connectivity index is 2.34. The molecule has 3 saturated carbocycles. The van der Waals surface area contributed by atoms with Crippen molar-refractivity contribution in [3.8, 4) is 0 Å². The van der Waals surface area contributed by atoms with Gasteiger partial charge >= 0.3 is 5.97 Å². The fourth-order valence-electron chi connectivity index (χ4n) is 3.43. The highest BCUT2D eigenvalue weighted by molar-refractivity contribution is 6.74. The lowest BCUT2D eigenvalue weighted by molar-refractivity contribution is -0.170. The third-order valence-corrected chi connectivity index (χ3v) is 10.3. The van der Waals surface area contributed by atoms with Crippen molar-refractivity contribution in [2.45, 2.75) is 70.2 Å². The third kappa shape index (κ3) is 2.82. The number of carbonyl (C=O) groups excluding carboxylic acids is 2. The molecule has 0 radical (unpaired) electrons. The van der Waals surface area contributed by atoms with Crippen molar-refractivity contribution in [3.63, 3.8) is 0 Å². The van der Waals surface area contributed by atoms with E-state index in [2.05, 4.69) is 33.9 Å². The Morgan fingerprint density at radius 1 is 1.33 bits per heavy atom. The van der Waals surface area contributed by atoms with Gasteiger partial charge in [-0.15, -0.1) is 0 Å². The molecule has 3 rings (SSSR count). The van der Waals surface area contributed by atoms with Crippen LogP contribution in [0.2, 0.25) is 18.1 Å². The van der Waals surface area contributed by atoms with Crippen molar-refractivity contribution in [1.82, 2.24) is 0 Å². The largest absolute Gasteiger partial charge is 0.469 e. The van der Waals surface area contributed by atoms with Crippen molar-refractivity contribution < 1.29 is 18.8 Å². The first-order chi connectivity index (χ1) is 9.52. The molecule has 21 heavy (non-hydrogen) atoms. The van der Waals surface area contributed by atoms with Gasteiger partial charge in [0.05, 0.1) is 18.6 Å². The summed E-state index contributed by atoms with van der Waals surface area (Å²) in [6, 6.07) is 0. The van der Waals surface area contributed by atoms with Crippen LogP contribution in [-0.4, -0.2) is 32.8 Å². The summed E-state index contributed by atoms with van der Waals surface area (Å²) in [4.78, 5) is 24.4. The van der Waals surface area contributed by atoms with E-state index < -0.39 is 13.9 Å².